The highest BCUT2D eigenvalue weighted by molar-refractivity contribution is 7.91. The van der Waals surface area contributed by atoms with Crippen molar-refractivity contribution >= 4 is 21.9 Å². The molecule has 0 fully saturated rings. The number of aromatic hydroxyl groups is 1. The van der Waals surface area contributed by atoms with Gasteiger partial charge in [-0.05, 0) is 42.2 Å². The number of hydrogen-bond donors (Lipinski definition) is 3. The fourth-order valence-corrected chi connectivity index (χ4v) is 3.91. The summed E-state index contributed by atoms with van der Waals surface area (Å²) in [7, 11) is -4.01. The number of hydrogen-bond acceptors (Lipinski definition) is 6. The summed E-state index contributed by atoms with van der Waals surface area (Å²) in [5.74, 6) is -1.05. The highest BCUT2D eigenvalue weighted by Crippen LogP contribution is 2.35. The third kappa shape index (κ3) is 4.20. The summed E-state index contributed by atoms with van der Waals surface area (Å²) in [4.78, 5) is 11.5. The molecule has 0 saturated heterocycles. The van der Waals surface area contributed by atoms with Crippen LogP contribution >= 0.6 is 0 Å². The number of rotatable bonds is 6. The van der Waals surface area contributed by atoms with Gasteiger partial charge in [0, 0.05) is 6.42 Å². The van der Waals surface area contributed by atoms with Crippen molar-refractivity contribution in [3.63, 3.8) is 0 Å². The molecule has 3 N–H and O–H groups in total. The smallest absolute Gasteiger partial charge is 0.330 e. The maximum atomic E-state index is 12.1. The predicted octanol–water partition coefficient (Wildman–Crippen LogP) is 2.57. The quantitative estimate of drug-likeness (QED) is 0.637. The Morgan fingerprint density at radius 2 is 1.89 bits per heavy atom. The zero-order chi connectivity index (χ0) is 20.3. The van der Waals surface area contributed by atoms with Crippen LogP contribution in [-0.2, 0) is 26.2 Å². The Kier molecular flexibility index (Phi) is 5.46. The molecule has 1 heterocycles. The van der Waals surface area contributed by atoms with E-state index in [9.17, 15) is 23.4 Å². The Morgan fingerprint density at radius 1 is 1.14 bits per heavy atom. The molecule has 0 amide bonds. The van der Waals surface area contributed by atoms with Crippen LogP contribution in [0.4, 0.5) is 5.69 Å². The zero-order valence-corrected chi connectivity index (χ0v) is 15.9. The fourth-order valence-electron chi connectivity index (χ4n) is 2.85. The Morgan fingerprint density at radius 3 is 2.57 bits per heavy atom. The van der Waals surface area contributed by atoms with Crippen LogP contribution in [0.1, 0.15) is 18.9 Å². The average molecular weight is 404 g/mol. The molecule has 2 aromatic carbocycles. The number of aliphatic hydroxyl groups excluding tert-OH is 1. The van der Waals surface area contributed by atoms with E-state index in [2.05, 4.69) is 0 Å². The first-order chi connectivity index (χ1) is 13.3. The minimum absolute atomic E-state index is 0.00553. The number of phenols is 1. The van der Waals surface area contributed by atoms with Crippen molar-refractivity contribution < 1.29 is 28.2 Å². The molecule has 2 aromatic rings. The second kappa shape index (κ2) is 7.81. The van der Waals surface area contributed by atoms with Crippen LogP contribution in [0.5, 0.6) is 5.75 Å². The molecule has 3 rings (SSSR count). The number of carbonyl (C=O) groups excluding carboxylic acids is 1. The SMILES string of the molecule is CCOC(=O)CCc1cccc(-c2ccc(O)c(N3C=C(O)NS3(=O)=O)c2)c1. The number of ether oxygens (including phenoxy) is 1. The van der Waals surface area contributed by atoms with Crippen LogP contribution in [0.3, 0.4) is 0 Å². The van der Waals surface area contributed by atoms with Gasteiger partial charge in [-0.15, -0.1) is 0 Å². The molecular formula is C19H20N2O6S. The fraction of sp³-hybridized carbons (Fsp3) is 0.211. The maximum Gasteiger partial charge on any atom is 0.330 e. The van der Waals surface area contributed by atoms with Crippen molar-refractivity contribution in [1.29, 1.82) is 0 Å². The van der Waals surface area contributed by atoms with Crippen LogP contribution < -0.4 is 9.03 Å². The van der Waals surface area contributed by atoms with Crippen LogP contribution in [-0.4, -0.2) is 31.2 Å². The first-order valence-electron chi connectivity index (χ1n) is 8.61. The van der Waals surface area contributed by atoms with Crippen molar-refractivity contribution in [1.82, 2.24) is 4.72 Å². The summed E-state index contributed by atoms with van der Waals surface area (Å²) in [6.07, 6.45) is 1.75. The van der Waals surface area contributed by atoms with E-state index in [0.717, 1.165) is 21.6 Å². The van der Waals surface area contributed by atoms with Gasteiger partial charge in [0.15, 0.2) is 0 Å². The Bertz CT molecular complexity index is 1030. The van der Waals surface area contributed by atoms with Crippen molar-refractivity contribution in [3.05, 3.63) is 60.1 Å². The highest BCUT2D eigenvalue weighted by atomic mass is 32.2. The maximum absolute atomic E-state index is 12.1. The van der Waals surface area contributed by atoms with Gasteiger partial charge < -0.3 is 14.9 Å². The molecule has 0 spiro atoms. The molecule has 0 unspecified atom stereocenters. The molecule has 1 aliphatic rings. The third-order valence-corrected chi connectivity index (χ3v) is 5.42. The van der Waals surface area contributed by atoms with Gasteiger partial charge in [-0.2, -0.15) is 8.42 Å². The number of anilines is 1. The molecule has 8 nitrogen and oxygen atoms in total. The number of nitrogens with one attached hydrogen (secondary N) is 1. The number of aliphatic hydroxyl groups is 1. The number of esters is 1. The lowest BCUT2D eigenvalue weighted by molar-refractivity contribution is -0.143. The topological polar surface area (TPSA) is 116 Å². The number of nitrogens with zero attached hydrogens (tertiary/aromatic N) is 1. The van der Waals surface area contributed by atoms with Gasteiger partial charge in [0.25, 0.3) is 0 Å². The van der Waals surface area contributed by atoms with E-state index in [1.54, 1.807) is 13.0 Å². The predicted molar refractivity (Wildman–Crippen MR) is 104 cm³/mol. The van der Waals surface area contributed by atoms with E-state index in [0.29, 0.717) is 18.6 Å². The van der Waals surface area contributed by atoms with E-state index < -0.39 is 16.1 Å². The van der Waals surface area contributed by atoms with Gasteiger partial charge in [0.05, 0.1) is 12.8 Å². The lowest BCUT2D eigenvalue weighted by Gasteiger charge is -2.16. The first-order valence-corrected chi connectivity index (χ1v) is 10.0. The van der Waals surface area contributed by atoms with E-state index >= 15 is 0 Å². The second-order valence-corrected chi connectivity index (χ2v) is 7.67. The molecule has 0 aliphatic carbocycles. The summed E-state index contributed by atoms with van der Waals surface area (Å²) in [6.45, 7) is 2.10. The number of carbonyl (C=O) groups is 1. The van der Waals surface area contributed by atoms with Gasteiger partial charge in [-0.25, -0.2) is 9.03 Å². The summed E-state index contributed by atoms with van der Waals surface area (Å²) in [5.41, 5.74) is 2.39. The first kappa shape index (κ1) is 19.6. The van der Waals surface area contributed by atoms with Gasteiger partial charge in [-0.3, -0.25) is 4.79 Å². The Labute approximate surface area is 162 Å². The van der Waals surface area contributed by atoms with Crippen LogP contribution in [0.15, 0.2) is 54.5 Å². The Balaban J connectivity index is 1.89. The lowest BCUT2D eigenvalue weighted by atomic mass is 10.0. The van der Waals surface area contributed by atoms with Crippen molar-refractivity contribution in [3.8, 4) is 16.9 Å². The molecular weight excluding hydrogens is 384 g/mol. The molecule has 0 aromatic heterocycles. The average Bonchev–Trinajstić information content (AvgIpc) is 2.93. The molecule has 0 saturated carbocycles. The number of aryl methyl sites for hydroxylation is 1. The van der Waals surface area contributed by atoms with Gasteiger partial charge in [0.1, 0.15) is 11.4 Å². The van der Waals surface area contributed by atoms with Crippen molar-refractivity contribution in [2.75, 3.05) is 10.9 Å². The number of benzene rings is 2. The third-order valence-electron chi connectivity index (χ3n) is 4.13. The second-order valence-electron chi connectivity index (χ2n) is 6.13. The molecule has 0 bridgehead atoms. The minimum Gasteiger partial charge on any atom is -0.506 e. The van der Waals surface area contributed by atoms with E-state index in [4.69, 9.17) is 4.74 Å². The summed E-state index contributed by atoms with van der Waals surface area (Å²) >= 11 is 0. The van der Waals surface area contributed by atoms with Crippen molar-refractivity contribution in [2.45, 2.75) is 19.8 Å². The molecule has 1 aliphatic heterocycles. The normalized spacial score (nSPS) is 15.0. The largest absolute Gasteiger partial charge is 0.506 e. The van der Waals surface area contributed by atoms with Gasteiger partial charge in [-0.1, -0.05) is 30.3 Å². The molecule has 28 heavy (non-hydrogen) atoms. The Hall–Kier alpha value is -3.20. The van der Waals surface area contributed by atoms with Gasteiger partial charge >= 0.3 is 16.2 Å². The van der Waals surface area contributed by atoms with E-state index in [1.165, 1.54) is 12.1 Å². The van der Waals surface area contributed by atoms with Crippen LogP contribution in [0.2, 0.25) is 0 Å². The lowest BCUT2D eigenvalue weighted by Crippen LogP contribution is -2.29. The monoisotopic (exact) mass is 404 g/mol. The van der Waals surface area contributed by atoms with Crippen LogP contribution in [0, 0.1) is 0 Å². The highest BCUT2D eigenvalue weighted by Gasteiger charge is 2.30. The molecule has 0 radical (unpaired) electrons. The van der Waals surface area contributed by atoms with E-state index in [-0.39, 0.29) is 23.8 Å². The summed E-state index contributed by atoms with van der Waals surface area (Å²) in [6, 6.07) is 12.0. The zero-order valence-electron chi connectivity index (χ0n) is 15.1. The molecule has 9 heteroatoms. The molecule has 0 atom stereocenters. The minimum atomic E-state index is -4.01. The van der Waals surface area contributed by atoms with Crippen molar-refractivity contribution in [2.24, 2.45) is 0 Å². The summed E-state index contributed by atoms with van der Waals surface area (Å²) in [5, 5.41) is 19.6. The molecule has 148 valence electrons. The van der Waals surface area contributed by atoms with Gasteiger partial charge in [0.2, 0.25) is 5.88 Å². The standard InChI is InChI=1S/C19H20N2O6S/c1-2-27-19(24)9-6-13-4-3-5-14(10-13)15-7-8-17(22)16(11-15)21-12-18(23)20-28(21,25)26/h3-5,7-8,10-12,20,22-23H,2,6,9H2,1H3. The summed E-state index contributed by atoms with van der Waals surface area (Å²) < 4.78 is 31.8. The van der Waals surface area contributed by atoms with Crippen LogP contribution in [0.25, 0.3) is 11.1 Å². The van der Waals surface area contributed by atoms with E-state index in [1.807, 2.05) is 29.0 Å². The number of phenolic OH excluding ortho intramolecular Hbond substituents is 1.